The van der Waals surface area contributed by atoms with Gasteiger partial charge < -0.3 is 14.5 Å². The zero-order valence-corrected chi connectivity index (χ0v) is 17.7. The first-order valence-electron chi connectivity index (χ1n) is 9.04. The third-order valence-electron chi connectivity index (χ3n) is 4.59. The molecule has 1 atom stereocenters. The lowest BCUT2D eigenvalue weighted by atomic mass is 10.2. The molecule has 0 saturated carbocycles. The summed E-state index contributed by atoms with van der Waals surface area (Å²) in [7, 11) is 1.55. The van der Waals surface area contributed by atoms with Gasteiger partial charge in [-0.05, 0) is 31.5 Å². The average molecular weight is 431 g/mol. The van der Waals surface area contributed by atoms with Crippen LogP contribution < -0.4 is 10.1 Å². The number of rotatable bonds is 6. The Morgan fingerprint density at radius 1 is 1.31 bits per heavy atom. The number of furan rings is 1. The molecule has 0 saturated heterocycles. The molecule has 3 aromatic heterocycles. The van der Waals surface area contributed by atoms with E-state index in [1.54, 1.807) is 31.6 Å². The van der Waals surface area contributed by atoms with E-state index < -0.39 is 0 Å². The minimum atomic E-state index is -0.349. The van der Waals surface area contributed by atoms with Crippen molar-refractivity contribution in [3.63, 3.8) is 0 Å². The number of carbonyl (C=O) groups is 1. The van der Waals surface area contributed by atoms with E-state index in [9.17, 15) is 4.79 Å². The number of nitrogens with zero attached hydrogens (tertiary/aromatic N) is 3. The standard InChI is InChI=1S/C20H19ClN4O3S/c1-4-18(19(26)22-12-5-6-16(27-3)13(21)9-12)29-20-15-10-17-14(7-8-28-17)25(15)11(2)23-24-20/h5-10,18H,4H2,1-3H3,(H,22,26)/t18-/m1/s1. The zero-order valence-electron chi connectivity index (χ0n) is 16.1. The molecule has 0 aliphatic heterocycles. The van der Waals surface area contributed by atoms with Crippen LogP contribution in [0.2, 0.25) is 5.02 Å². The molecule has 4 aromatic rings. The Bertz CT molecular complexity index is 1200. The molecular formula is C20H19ClN4O3S. The molecule has 4 rings (SSSR count). The maximum absolute atomic E-state index is 12.9. The van der Waals surface area contributed by atoms with Gasteiger partial charge in [-0.15, -0.1) is 10.2 Å². The lowest BCUT2D eigenvalue weighted by Gasteiger charge is -2.15. The van der Waals surface area contributed by atoms with Gasteiger partial charge in [0.15, 0.2) is 5.58 Å². The van der Waals surface area contributed by atoms with Crippen LogP contribution in [0.1, 0.15) is 19.2 Å². The van der Waals surface area contributed by atoms with Crippen molar-refractivity contribution < 1.29 is 13.9 Å². The first kappa shape index (κ1) is 19.6. The van der Waals surface area contributed by atoms with Crippen molar-refractivity contribution in [2.24, 2.45) is 0 Å². The second kappa shape index (κ2) is 7.96. The molecule has 7 nitrogen and oxygen atoms in total. The number of hydrogen-bond donors (Lipinski definition) is 1. The molecule has 150 valence electrons. The Kier molecular flexibility index (Phi) is 5.38. The molecule has 0 aliphatic carbocycles. The van der Waals surface area contributed by atoms with E-state index in [4.69, 9.17) is 20.8 Å². The highest BCUT2D eigenvalue weighted by atomic mass is 35.5. The number of thioether (sulfide) groups is 1. The summed E-state index contributed by atoms with van der Waals surface area (Å²) in [6.45, 7) is 3.85. The Hall–Kier alpha value is -2.71. The minimum absolute atomic E-state index is 0.130. The molecule has 0 aliphatic rings. The molecule has 0 bridgehead atoms. The number of nitrogens with one attached hydrogen (secondary N) is 1. The Labute approximate surface area is 176 Å². The summed E-state index contributed by atoms with van der Waals surface area (Å²) in [5.41, 5.74) is 3.17. The van der Waals surface area contributed by atoms with Gasteiger partial charge in [0.25, 0.3) is 0 Å². The summed E-state index contributed by atoms with van der Waals surface area (Å²) in [5, 5.41) is 12.3. The summed E-state index contributed by atoms with van der Waals surface area (Å²) in [6.07, 6.45) is 2.27. The molecular weight excluding hydrogens is 412 g/mol. The molecule has 0 fully saturated rings. The van der Waals surface area contributed by atoms with Gasteiger partial charge in [-0.25, -0.2) is 0 Å². The number of amides is 1. The fraction of sp³-hybridized carbons (Fsp3) is 0.250. The third kappa shape index (κ3) is 3.65. The second-order valence-electron chi connectivity index (χ2n) is 6.44. The summed E-state index contributed by atoms with van der Waals surface area (Å²) < 4.78 is 12.6. The maximum atomic E-state index is 12.9. The summed E-state index contributed by atoms with van der Waals surface area (Å²) in [5.74, 6) is 1.18. The van der Waals surface area contributed by atoms with Crippen molar-refractivity contribution in [2.45, 2.75) is 30.5 Å². The van der Waals surface area contributed by atoms with Crippen molar-refractivity contribution in [3.8, 4) is 5.75 Å². The monoisotopic (exact) mass is 430 g/mol. The Morgan fingerprint density at radius 3 is 2.86 bits per heavy atom. The second-order valence-corrected chi connectivity index (χ2v) is 8.04. The van der Waals surface area contributed by atoms with Crippen LogP contribution >= 0.6 is 23.4 Å². The predicted octanol–water partition coefficient (Wildman–Crippen LogP) is 4.96. The Morgan fingerprint density at radius 2 is 2.14 bits per heavy atom. The lowest BCUT2D eigenvalue weighted by Crippen LogP contribution is -2.24. The average Bonchev–Trinajstić information content (AvgIpc) is 3.29. The van der Waals surface area contributed by atoms with E-state index in [1.165, 1.54) is 11.8 Å². The number of ether oxygens (including phenoxy) is 1. The number of methoxy groups -OCH3 is 1. The first-order valence-corrected chi connectivity index (χ1v) is 10.3. The number of aryl methyl sites for hydroxylation is 1. The fourth-order valence-corrected chi connectivity index (χ4v) is 4.37. The number of fused-ring (bicyclic) bond motifs is 3. The van der Waals surface area contributed by atoms with Gasteiger partial charge in [0.2, 0.25) is 5.91 Å². The van der Waals surface area contributed by atoms with E-state index in [0.717, 1.165) is 22.4 Å². The zero-order chi connectivity index (χ0) is 20.5. The predicted molar refractivity (Wildman–Crippen MR) is 114 cm³/mol. The molecule has 29 heavy (non-hydrogen) atoms. The minimum Gasteiger partial charge on any atom is -0.495 e. The van der Waals surface area contributed by atoms with Gasteiger partial charge in [-0.3, -0.25) is 9.20 Å². The molecule has 1 aromatic carbocycles. The summed E-state index contributed by atoms with van der Waals surface area (Å²) >= 11 is 7.53. The highest BCUT2D eigenvalue weighted by Gasteiger charge is 2.22. The van der Waals surface area contributed by atoms with Crippen molar-refractivity contribution >= 4 is 51.6 Å². The maximum Gasteiger partial charge on any atom is 0.237 e. The van der Waals surface area contributed by atoms with Gasteiger partial charge in [-0.2, -0.15) is 0 Å². The first-order chi connectivity index (χ1) is 14.0. The van der Waals surface area contributed by atoms with Gasteiger partial charge in [-0.1, -0.05) is 30.3 Å². The van der Waals surface area contributed by atoms with Crippen LogP contribution in [0.3, 0.4) is 0 Å². The summed E-state index contributed by atoms with van der Waals surface area (Å²) in [6, 6.07) is 8.96. The van der Waals surface area contributed by atoms with Gasteiger partial charge >= 0.3 is 0 Å². The Balaban J connectivity index is 1.59. The molecule has 1 amide bonds. The van der Waals surface area contributed by atoms with Crippen LogP contribution in [0.5, 0.6) is 5.75 Å². The highest BCUT2D eigenvalue weighted by molar-refractivity contribution is 8.00. The smallest absolute Gasteiger partial charge is 0.237 e. The fourth-order valence-electron chi connectivity index (χ4n) is 3.15. The number of carbonyl (C=O) groups excluding carboxylic acids is 1. The third-order valence-corrected chi connectivity index (χ3v) is 6.23. The van der Waals surface area contributed by atoms with Gasteiger partial charge in [0.1, 0.15) is 16.6 Å². The molecule has 0 radical (unpaired) electrons. The molecule has 9 heteroatoms. The van der Waals surface area contributed by atoms with Crippen molar-refractivity contribution in [2.75, 3.05) is 12.4 Å². The number of hydrogen-bond acceptors (Lipinski definition) is 6. The number of anilines is 1. The molecule has 0 spiro atoms. The van der Waals surface area contributed by atoms with E-state index in [2.05, 4.69) is 15.5 Å². The summed E-state index contributed by atoms with van der Waals surface area (Å²) in [4.78, 5) is 12.9. The highest BCUT2D eigenvalue weighted by Crippen LogP contribution is 2.33. The van der Waals surface area contributed by atoms with E-state index in [1.807, 2.05) is 30.4 Å². The van der Waals surface area contributed by atoms with Crippen molar-refractivity contribution in [1.29, 1.82) is 0 Å². The molecule has 3 heterocycles. The van der Waals surface area contributed by atoms with Crippen LogP contribution in [-0.2, 0) is 4.79 Å². The van der Waals surface area contributed by atoms with E-state index in [-0.39, 0.29) is 11.2 Å². The normalized spacial score (nSPS) is 12.4. The SMILES string of the molecule is CC[C@@H](Sc1nnc(C)n2c1cc1occc12)C(=O)Nc1ccc(OC)c(Cl)c1. The molecule has 1 N–H and O–H groups in total. The van der Waals surface area contributed by atoms with Crippen LogP contribution in [0.15, 0.2) is 46.0 Å². The van der Waals surface area contributed by atoms with Crippen LogP contribution in [0.4, 0.5) is 5.69 Å². The number of halogens is 1. The number of benzene rings is 1. The quantitative estimate of drug-likeness (QED) is 0.435. The van der Waals surface area contributed by atoms with Gasteiger partial charge in [0.05, 0.1) is 34.7 Å². The van der Waals surface area contributed by atoms with E-state index >= 15 is 0 Å². The van der Waals surface area contributed by atoms with Crippen LogP contribution in [0.25, 0.3) is 16.6 Å². The van der Waals surface area contributed by atoms with Crippen molar-refractivity contribution in [1.82, 2.24) is 14.6 Å². The number of aromatic nitrogens is 3. The van der Waals surface area contributed by atoms with Crippen LogP contribution in [-0.4, -0.2) is 32.9 Å². The largest absolute Gasteiger partial charge is 0.495 e. The van der Waals surface area contributed by atoms with Crippen LogP contribution in [0, 0.1) is 6.92 Å². The molecule has 0 unspecified atom stereocenters. The van der Waals surface area contributed by atoms with Crippen molar-refractivity contribution in [3.05, 3.63) is 47.4 Å². The van der Waals surface area contributed by atoms with Gasteiger partial charge in [0, 0.05) is 17.8 Å². The van der Waals surface area contributed by atoms with E-state index in [0.29, 0.717) is 27.9 Å². The lowest BCUT2D eigenvalue weighted by molar-refractivity contribution is -0.115. The topological polar surface area (TPSA) is 81.7 Å².